The first-order chi connectivity index (χ1) is 8.72. The van der Waals surface area contributed by atoms with Gasteiger partial charge in [0.05, 0.1) is 6.10 Å². The number of thioether (sulfide) groups is 1. The van der Waals surface area contributed by atoms with Gasteiger partial charge in [-0.05, 0) is 12.5 Å². The SMILES string of the molecule is CCn1c(SCC(O)c2ccccc2)n[nH]c1=O. The maximum atomic E-state index is 11.4. The smallest absolute Gasteiger partial charge is 0.343 e. The second-order valence-corrected chi connectivity index (χ2v) is 4.78. The van der Waals surface area contributed by atoms with Gasteiger partial charge in [-0.15, -0.1) is 5.10 Å². The van der Waals surface area contributed by atoms with Crippen molar-refractivity contribution in [1.29, 1.82) is 0 Å². The molecule has 0 radical (unpaired) electrons. The number of hydrogen-bond donors (Lipinski definition) is 2. The Bertz CT molecular complexity index is 550. The zero-order valence-corrected chi connectivity index (χ0v) is 10.9. The van der Waals surface area contributed by atoms with Crippen molar-refractivity contribution < 1.29 is 5.11 Å². The summed E-state index contributed by atoms with van der Waals surface area (Å²) in [7, 11) is 0. The van der Waals surface area contributed by atoms with Gasteiger partial charge in [0.1, 0.15) is 0 Å². The van der Waals surface area contributed by atoms with Crippen molar-refractivity contribution in [2.75, 3.05) is 5.75 Å². The average Bonchev–Trinajstić information content (AvgIpc) is 2.77. The molecule has 18 heavy (non-hydrogen) atoms. The van der Waals surface area contributed by atoms with E-state index in [0.29, 0.717) is 17.5 Å². The van der Waals surface area contributed by atoms with Gasteiger partial charge in [-0.2, -0.15) is 0 Å². The van der Waals surface area contributed by atoms with Crippen molar-refractivity contribution in [2.45, 2.75) is 24.7 Å². The number of aliphatic hydroxyl groups is 1. The summed E-state index contributed by atoms with van der Waals surface area (Å²) in [5, 5.41) is 17.0. The number of aromatic amines is 1. The third-order valence-corrected chi connectivity index (χ3v) is 3.65. The van der Waals surface area contributed by atoms with Gasteiger partial charge in [0, 0.05) is 12.3 Å². The van der Waals surface area contributed by atoms with Gasteiger partial charge in [0.25, 0.3) is 0 Å². The summed E-state index contributed by atoms with van der Waals surface area (Å²) in [5.74, 6) is 0.467. The van der Waals surface area contributed by atoms with E-state index < -0.39 is 6.10 Å². The van der Waals surface area contributed by atoms with Gasteiger partial charge in [0.15, 0.2) is 5.16 Å². The monoisotopic (exact) mass is 265 g/mol. The normalized spacial score (nSPS) is 12.6. The van der Waals surface area contributed by atoms with E-state index in [1.54, 1.807) is 4.57 Å². The second-order valence-electron chi connectivity index (χ2n) is 3.79. The third kappa shape index (κ3) is 2.83. The molecule has 0 aliphatic carbocycles. The molecule has 0 aliphatic rings. The lowest BCUT2D eigenvalue weighted by Gasteiger charge is -2.09. The van der Waals surface area contributed by atoms with Crippen LogP contribution in [0.3, 0.4) is 0 Å². The molecule has 1 aromatic carbocycles. The van der Waals surface area contributed by atoms with Crippen LogP contribution in [-0.4, -0.2) is 25.6 Å². The Morgan fingerprint density at radius 3 is 2.83 bits per heavy atom. The lowest BCUT2D eigenvalue weighted by Crippen LogP contribution is -2.16. The van der Waals surface area contributed by atoms with Crippen molar-refractivity contribution in [3.63, 3.8) is 0 Å². The number of benzene rings is 1. The Hall–Kier alpha value is -1.53. The maximum Gasteiger partial charge on any atom is 0.343 e. The van der Waals surface area contributed by atoms with Crippen molar-refractivity contribution in [2.24, 2.45) is 0 Å². The van der Waals surface area contributed by atoms with E-state index in [1.165, 1.54) is 11.8 Å². The highest BCUT2D eigenvalue weighted by Gasteiger charge is 2.11. The third-order valence-electron chi connectivity index (χ3n) is 2.59. The molecule has 0 saturated carbocycles. The van der Waals surface area contributed by atoms with E-state index in [2.05, 4.69) is 10.2 Å². The standard InChI is InChI=1S/C12H15N3O2S/c1-2-15-11(17)13-14-12(15)18-8-10(16)9-6-4-3-5-7-9/h3-7,10,16H,2,8H2,1H3,(H,13,17). The molecule has 2 N–H and O–H groups in total. The molecule has 0 bridgehead atoms. The minimum Gasteiger partial charge on any atom is -0.388 e. The first-order valence-electron chi connectivity index (χ1n) is 5.73. The van der Waals surface area contributed by atoms with Crippen LogP contribution in [0.5, 0.6) is 0 Å². The van der Waals surface area contributed by atoms with Crippen LogP contribution in [0.15, 0.2) is 40.3 Å². The molecule has 1 aromatic heterocycles. The molecule has 0 aliphatic heterocycles. The number of aliphatic hydroxyl groups excluding tert-OH is 1. The fourth-order valence-corrected chi connectivity index (χ4v) is 2.59. The van der Waals surface area contributed by atoms with Gasteiger partial charge in [-0.1, -0.05) is 42.1 Å². The molecule has 1 unspecified atom stereocenters. The van der Waals surface area contributed by atoms with Crippen molar-refractivity contribution in [3.8, 4) is 0 Å². The van der Waals surface area contributed by atoms with E-state index >= 15 is 0 Å². The van der Waals surface area contributed by atoms with E-state index in [9.17, 15) is 9.90 Å². The van der Waals surface area contributed by atoms with Gasteiger partial charge >= 0.3 is 5.69 Å². The summed E-state index contributed by atoms with van der Waals surface area (Å²) >= 11 is 1.37. The Balaban J connectivity index is 2.01. The summed E-state index contributed by atoms with van der Waals surface area (Å²) < 4.78 is 1.54. The molecular weight excluding hydrogens is 250 g/mol. The minimum atomic E-state index is -0.562. The Labute approximate surface area is 109 Å². The summed E-state index contributed by atoms with van der Waals surface area (Å²) in [6, 6.07) is 9.44. The minimum absolute atomic E-state index is 0.214. The molecule has 6 heteroatoms. The van der Waals surface area contributed by atoms with Gasteiger partial charge in [-0.3, -0.25) is 4.57 Å². The zero-order chi connectivity index (χ0) is 13.0. The molecule has 1 atom stereocenters. The number of aromatic nitrogens is 3. The molecule has 0 fully saturated rings. The molecule has 1 heterocycles. The number of H-pyrrole nitrogens is 1. The molecule has 0 amide bonds. The van der Waals surface area contributed by atoms with Gasteiger partial charge in [-0.25, -0.2) is 9.89 Å². The Kier molecular flexibility index (Phi) is 4.22. The number of hydrogen-bond acceptors (Lipinski definition) is 4. The first kappa shape index (κ1) is 12.9. The molecular formula is C12H15N3O2S. The van der Waals surface area contributed by atoms with Crippen LogP contribution < -0.4 is 5.69 Å². The summed E-state index contributed by atoms with van der Waals surface area (Å²) in [6.07, 6.45) is -0.562. The Morgan fingerprint density at radius 1 is 1.44 bits per heavy atom. The molecule has 0 saturated heterocycles. The number of rotatable bonds is 5. The van der Waals surface area contributed by atoms with Gasteiger partial charge < -0.3 is 5.11 Å². The van der Waals surface area contributed by atoms with Crippen LogP contribution in [0, 0.1) is 0 Å². The van der Waals surface area contributed by atoms with Crippen molar-refractivity contribution >= 4 is 11.8 Å². The summed E-state index contributed by atoms with van der Waals surface area (Å²) in [4.78, 5) is 11.4. The van der Waals surface area contributed by atoms with E-state index in [1.807, 2.05) is 37.3 Å². The van der Waals surface area contributed by atoms with Crippen LogP contribution in [0.4, 0.5) is 0 Å². The lowest BCUT2D eigenvalue weighted by atomic mass is 10.1. The first-order valence-corrected chi connectivity index (χ1v) is 6.72. The van der Waals surface area contributed by atoms with Crippen LogP contribution >= 0.6 is 11.8 Å². The quantitative estimate of drug-likeness (QED) is 0.802. The fourth-order valence-electron chi connectivity index (χ4n) is 1.62. The van der Waals surface area contributed by atoms with Crippen LogP contribution in [0.1, 0.15) is 18.6 Å². The highest BCUT2D eigenvalue weighted by molar-refractivity contribution is 7.99. The van der Waals surface area contributed by atoms with Crippen LogP contribution in [0.2, 0.25) is 0 Å². The highest BCUT2D eigenvalue weighted by Crippen LogP contribution is 2.22. The predicted molar refractivity (Wildman–Crippen MR) is 70.6 cm³/mol. The zero-order valence-electron chi connectivity index (χ0n) is 10.0. The fraction of sp³-hybridized carbons (Fsp3) is 0.333. The van der Waals surface area contributed by atoms with Crippen molar-refractivity contribution in [1.82, 2.24) is 14.8 Å². The number of nitrogens with one attached hydrogen (secondary N) is 1. The predicted octanol–water partition coefficient (Wildman–Crippen LogP) is 1.42. The molecule has 96 valence electrons. The van der Waals surface area contributed by atoms with Crippen LogP contribution in [-0.2, 0) is 6.54 Å². The summed E-state index contributed by atoms with van der Waals surface area (Å²) in [5.41, 5.74) is 0.653. The van der Waals surface area contributed by atoms with Crippen molar-refractivity contribution in [3.05, 3.63) is 46.4 Å². The highest BCUT2D eigenvalue weighted by atomic mass is 32.2. The average molecular weight is 265 g/mol. The maximum absolute atomic E-state index is 11.4. The molecule has 5 nitrogen and oxygen atoms in total. The lowest BCUT2D eigenvalue weighted by molar-refractivity contribution is 0.204. The molecule has 0 spiro atoms. The van der Waals surface area contributed by atoms with Gasteiger partial charge in [0.2, 0.25) is 0 Å². The molecule has 2 aromatic rings. The van der Waals surface area contributed by atoms with E-state index in [0.717, 1.165) is 5.56 Å². The largest absolute Gasteiger partial charge is 0.388 e. The second kappa shape index (κ2) is 5.88. The molecule has 2 rings (SSSR count). The summed E-state index contributed by atoms with van der Waals surface area (Å²) in [6.45, 7) is 2.45. The number of nitrogens with zero attached hydrogens (tertiary/aromatic N) is 2. The van der Waals surface area contributed by atoms with E-state index in [4.69, 9.17) is 0 Å². The Morgan fingerprint density at radius 2 is 2.17 bits per heavy atom. The van der Waals surface area contributed by atoms with E-state index in [-0.39, 0.29) is 5.69 Å². The topological polar surface area (TPSA) is 70.9 Å². The van der Waals surface area contributed by atoms with Crippen LogP contribution in [0.25, 0.3) is 0 Å².